The lowest BCUT2D eigenvalue weighted by molar-refractivity contribution is 0.101. The molecule has 0 radical (unpaired) electrons. The van der Waals surface area contributed by atoms with Crippen LogP contribution in [0.2, 0.25) is 0 Å². The molecular weight excluding hydrogens is 230 g/mol. The van der Waals surface area contributed by atoms with E-state index >= 15 is 0 Å². The van der Waals surface area contributed by atoms with E-state index in [1.807, 2.05) is 0 Å². The first kappa shape index (κ1) is 12.6. The molecule has 2 rings (SSSR count). The van der Waals surface area contributed by atoms with Gasteiger partial charge in [0.2, 0.25) is 0 Å². The molecule has 0 aromatic heterocycles. The first-order valence-corrected chi connectivity index (χ1v) is 6.07. The van der Waals surface area contributed by atoms with Crippen LogP contribution in [-0.2, 0) is 4.74 Å². The standard InChI is InChI=1S/C14H17NO3/c1-9(2)13-8-18-14(17)15(13)12-6-4-11(5-7-12)10(3)16/h4-7,9,13H,8H2,1-3H3. The molecule has 1 aliphatic heterocycles. The predicted octanol–water partition coefficient (Wildman–Crippen LogP) is 2.87. The van der Waals surface area contributed by atoms with Crippen LogP contribution in [-0.4, -0.2) is 24.5 Å². The van der Waals surface area contributed by atoms with E-state index in [9.17, 15) is 9.59 Å². The van der Waals surface area contributed by atoms with Gasteiger partial charge in [-0.2, -0.15) is 0 Å². The Hall–Kier alpha value is -1.84. The fraction of sp³-hybridized carbons (Fsp3) is 0.429. The van der Waals surface area contributed by atoms with Crippen LogP contribution >= 0.6 is 0 Å². The molecule has 1 saturated heterocycles. The second-order valence-corrected chi connectivity index (χ2v) is 4.86. The second-order valence-electron chi connectivity index (χ2n) is 4.86. The summed E-state index contributed by atoms with van der Waals surface area (Å²) in [6, 6.07) is 7.11. The van der Waals surface area contributed by atoms with Crippen molar-refractivity contribution in [3.8, 4) is 0 Å². The second kappa shape index (κ2) is 4.80. The average Bonchev–Trinajstić information content (AvgIpc) is 2.71. The summed E-state index contributed by atoms with van der Waals surface area (Å²) in [6.45, 7) is 6.06. The SMILES string of the molecule is CC(=O)c1ccc(N2C(=O)OCC2C(C)C)cc1. The van der Waals surface area contributed by atoms with E-state index in [2.05, 4.69) is 13.8 Å². The third-order valence-corrected chi connectivity index (χ3v) is 3.23. The summed E-state index contributed by atoms with van der Waals surface area (Å²) in [7, 11) is 0. The summed E-state index contributed by atoms with van der Waals surface area (Å²) in [6.07, 6.45) is -0.315. The van der Waals surface area contributed by atoms with Gasteiger partial charge in [0.1, 0.15) is 6.61 Å². The first-order chi connectivity index (χ1) is 8.50. The molecule has 4 heteroatoms. The lowest BCUT2D eigenvalue weighted by Crippen LogP contribution is -2.37. The van der Waals surface area contributed by atoms with Crippen LogP contribution in [0.15, 0.2) is 24.3 Å². The fourth-order valence-electron chi connectivity index (χ4n) is 2.08. The van der Waals surface area contributed by atoms with Gasteiger partial charge in [-0.25, -0.2) is 4.79 Å². The van der Waals surface area contributed by atoms with Gasteiger partial charge in [-0.15, -0.1) is 0 Å². The lowest BCUT2D eigenvalue weighted by atomic mass is 10.0. The highest BCUT2D eigenvalue weighted by atomic mass is 16.6. The third kappa shape index (κ3) is 2.23. The first-order valence-electron chi connectivity index (χ1n) is 6.07. The summed E-state index contributed by atoms with van der Waals surface area (Å²) < 4.78 is 5.09. The third-order valence-electron chi connectivity index (χ3n) is 3.23. The van der Waals surface area contributed by atoms with Crippen molar-refractivity contribution in [3.63, 3.8) is 0 Å². The molecule has 1 aliphatic rings. The van der Waals surface area contributed by atoms with Gasteiger partial charge in [0, 0.05) is 11.3 Å². The number of carbonyl (C=O) groups is 2. The van der Waals surface area contributed by atoms with Crippen molar-refractivity contribution in [1.82, 2.24) is 0 Å². The zero-order chi connectivity index (χ0) is 13.3. The summed E-state index contributed by atoms with van der Waals surface area (Å²) in [5.41, 5.74) is 1.42. The van der Waals surface area contributed by atoms with Crippen molar-refractivity contribution in [2.24, 2.45) is 5.92 Å². The Kier molecular flexibility index (Phi) is 3.36. The van der Waals surface area contributed by atoms with Gasteiger partial charge < -0.3 is 4.74 Å². The van der Waals surface area contributed by atoms with E-state index in [1.165, 1.54) is 6.92 Å². The van der Waals surface area contributed by atoms with Crippen LogP contribution in [0.25, 0.3) is 0 Å². The van der Waals surface area contributed by atoms with Gasteiger partial charge in [-0.05, 0) is 37.1 Å². The number of amides is 1. The normalized spacial score (nSPS) is 19.2. The molecule has 4 nitrogen and oxygen atoms in total. The molecule has 0 N–H and O–H groups in total. The van der Waals surface area contributed by atoms with E-state index in [0.29, 0.717) is 18.1 Å². The highest BCUT2D eigenvalue weighted by molar-refractivity contribution is 5.95. The number of rotatable bonds is 3. The van der Waals surface area contributed by atoms with Crippen molar-refractivity contribution in [3.05, 3.63) is 29.8 Å². The number of ketones is 1. The number of hydrogen-bond acceptors (Lipinski definition) is 3. The van der Waals surface area contributed by atoms with Gasteiger partial charge >= 0.3 is 6.09 Å². The smallest absolute Gasteiger partial charge is 0.414 e. The van der Waals surface area contributed by atoms with Crippen LogP contribution in [0, 0.1) is 5.92 Å². The molecule has 0 bridgehead atoms. The van der Waals surface area contributed by atoms with Crippen molar-refractivity contribution in [2.75, 3.05) is 11.5 Å². The minimum atomic E-state index is -0.315. The van der Waals surface area contributed by atoms with E-state index in [0.717, 1.165) is 5.69 Å². The molecule has 1 amide bonds. The molecular formula is C14H17NO3. The van der Waals surface area contributed by atoms with Crippen molar-refractivity contribution in [2.45, 2.75) is 26.8 Å². The highest BCUT2D eigenvalue weighted by Crippen LogP contribution is 2.27. The molecule has 1 atom stereocenters. The maximum atomic E-state index is 11.7. The Morgan fingerprint density at radius 3 is 2.44 bits per heavy atom. The summed E-state index contributed by atoms with van der Waals surface area (Å²) in [5, 5.41) is 0. The maximum absolute atomic E-state index is 11.7. The van der Waals surface area contributed by atoms with Crippen LogP contribution in [0.3, 0.4) is 0 Å². The fourth-order valence-corrected chi connectivity index (χ4v) is 2.08. The summed E-state index contributed by atoms with van der Waals surface area (Å²) in [4.78, 5) is 24.6. The molecule has 1 aromatic carbocycles. The number of hydrogen-bond donors (Lipinski definition) is 0. The Labute approximate surface area is 107 Å². The largest absolute Gasteiger partial charge is 0.447 e. The van der Waals surface area contributed by atoms with E-state index in [-0.39, 0.29) is 17.9 Å². The van der Waals surface area contributed by atoms with Gasteiger partial charge in [0.15, 0.2) is 5.78 Å². The van der Waals surface area contributed by atoms with Crippen LogP contribution in [0.1, 0.15) is 31.1 Å². The Morgan fingerprint density at radius 1 is 1.33 bits per heavy atom. The van der Waals surface area contributed by atoms with Gasteiger partial charge in [0.25, 0.3) is 0 Å². The van der Waals surface area contributed by atoms with Crippen molar-refractivity contribution < 1.29 is 14.3 Å². The molecule has 1 fully saturated rings. The zero-order valence-corrected chi connectivity index (χ0v) is 10.8. The van der Waals surface area contributed by atoms with E-state index in [1.54, 1.807) is 29.2 Å². The minimum absolute atomic E-state index is 0.0194. The van der Waals surface area contributed by atoms with E-state index in [4.69, 9.17) is 4.74 Å². The minimum Gasteiger partial charge on any atom is -0.447 e. The lowest BCUT2D eigenvalue weighted by Gasteiger charge is -2.24. The Balaban J connectivity index is 2.29. The number of anilines is 1. The van der Waals surface area contributed by atoms with Gasteiger partial charge in [0.05, 0.1) is 6.04 Å². The van der Waals surface area contributed by atoms with Crippen molar-refractivity contribution >= 4 is 17.6 Å². The number of ether oxygens (including phenoxy) is 1. The molecule has 0 aliphatic carbocycles. The topological polar surface area (TPSA) is 46.6 Å². The molecule has 0 saturated carbocycles. The van der Waals surface area contributed by atoms with Crippen molar-refractivity contribution in [1.29, 1.82) is 0 Å². The number of carbonyl (C=O) groups excluding carboxylic acids is 2. The zero-order valence-electron chi connectivity index (χ0n) is 10.8. The van der Waals surface area contributed by atoms with Gasteiger partial charge in [-0.1, -0.05) is 13.8 Å². The molecule has 1 aromatic rings. The predicted molar refractivity (Wildman–Crippen MR) is 68.9 cm³/mol. The summed E-state index contributed by atoms with van der Waals surface area (Å²) >= 11 is 0. The quantitative estimate of drug-likeness (QED) is 0.771. The van der Waals surface area contributed by atoms with Crippen LogP contribution < -0.4 is 4.90 Å². The van der Waals surface area contributed by atoms with E-state index < -0.39 is 0 Å². The number of nitrogens with zero attached hydrogens (tertiary/aromatic N) is 1. The average molecular weight is 247 g/mol. The van der Waals surface area contributed by atoms with Crippen LogP contribution in [0.4, 0.5) is 10.5 Å². The molecule has 1 unspecified atom stereocenters. The van der Waals surface area contributed by atoms with Crippen LogP contribution in [0.5, 0.6) is 0 Å². The number of benzene rings is 1. The molecule has 18 heavy (non-hydrogen) atoms. The Bertz CT molecular complexity index is 464. The molecule has 96 valence electrons. The maximum Gasteiger partial charge on any atom is 0.414 e. The molecule has 1 heterocycles. The molecule has 0 spiro atoms. The monoisotopic (exact) mass is 247 g/mol. The summed E-state index contributed by atoms with van der Waals surface area (Å²) in [5.74, 6) is 0.342. The van der Waals surface area contributed by atoms with Gasteiger partial charge in [-0.3, -0.25) is 9.69 Å². The number of cyclic esters (lactones) is 1. The number of Topliss-reactive ketones (excluding diaryl/α,β-unsaturated/α-hetero) is 1. The Morgan fingerprint density at radius 2 is 1.94 bits per heavy atom. The highest BCUT2D eigenvalue weighted by Gasteiger charge is 2.35.